The summed E-state index contributed by atoms with van der Waals surface area (Å²) in [5.74, 6) is 0.825. The molecule has 0 aliphatic rings. The van der Waals surface area contributed by atoms with Gasteiger partial charge in [0, 0.05) is 18.2 Å². The number of rotatable bonds is 12. The molecule has 0 fully saturated rings. The average molecular weight is 323 g/mol. The Labute approximate surface area is 141 Å². The third-order valence-corrected chi connectivity index (χ3v) is 4.22. The van der Waals surface area contributed by atoms with Crippen molar-refractivity contribution < 1.29 is 14.6 Å². The molecule has 1 aromatic carbocycles. The number of aliphatic hydroxyl groups is 1. The van der Waals surface area contributed by atoms with E-state index in [1.54, 1.807) is 7.11 Å². The molecular weight excluding hydrogens is 290 g/mol. The lowest BCUT2D eigenvalue weighted by molar-refractivity contribution is 0.00259. The highest BCUT2D eigenvalue weighted by molar-refractivity contribution is 5.32. The van der Waals surface area contributed by atoms with Gasteiger partial charge in [0.15, 0.2) is 0 Å². The van der Waals surface area contributed by atoms with E-state index in [1.807, 2.05) is 24.3 Å². The summed E-state index contributed by atoms with van der Waals surface area (Å²) in [5.41, 5.74) is 1.01. The minimum absolute atomic E-state index is 0.344. The van der Waals surface area contributed by atoms with Crippen LogP contribution in [-0.4, -0.2) is 49.0 Å². The van der Waals surface area contributed by atoms with Gasteiger partial charge in [0.25, 0.3) is 0 Å². The first-order valence-electron chi connectivity index (χ1n) is 8.74. The van der Waals surface area contributed by atoms with Crippen LogP contribution in [0, 0.1) is 0 Å². The number of para-hydroxylation sites is 1. The lowest BCUT2D eigenvalue weighted by Crippen LogP contribution is -2.40. The van der Waals surface area contributed by atoms with Gasteiger partial charge in [0.05, 0.1) is 26.4 Å². The van der Waals surface area contributed by atoms with Crippen LogP contribution >= 0.6 is 0 Å². The van der Waals surface area contributed by atoms with Gasteiger partial charge in [-0.3, -0.25) is 4.90 Å². The summed E-state index contributed by atoms with van der Waals surface area (Å²) in [6, 6.07) is 8.30. The summed E-state index contributed by atoms with van der Waals surface area (Å²) in [5, 5.41) is 10.3. The first-order chi connectivity index (χ1) is 11.1. The molecule has 1 rings (SSSR count). The van der Waals surface area contributed by atoms with E-state index in [-0.39, 0.29) is 0 Å². The lowest BCUT2D eigenvalue weighted by atomic mass is 10.1. The Morgan fingerprint density at radius 1 is 1.22 bits per heavy atom. The van der Waals surface area contributed by atoms with Crippen molar-refractivity contribution >= 4 is 0 Å². The summed E-state index contributed by atoms with van der Waals surface area (Å²) in [6.07, 6.45) is 2.97. The zero-order chi connectivity index (χ0) is 17.1. The number of benzene rings is 1. The zero-order valence-corrected chi connectivity index (χ0v) is 15.1. The molecule has 0 spiro atoms. The molecule has 0 aliphatic carbocycles. The van der Waals surface area contributed by atoms with Crippen LogP contribution in [0.15, 0.2) is 24.3 Å². The molecule has 0 saturated heterocycles. The van der Waals surface area contributed by atoms with E-state index < -0.39 is 6.10 Å². The Morgan fingerprint density at radius 3 is 2.61 bits per heavy atom. The molecule has 1 aromatic rings. The van der Waals surface area contributed by atoms with Gasteiger partial charge >= 0.3 is 0 Å². The highest BCUT2D eigenvalue weighted by atomic mass is 16.5. The molecule has 0 unspecified atom stereocenters. The minimum atomic E-state index is -0.462. The Hall–Kier alpha value is -1.10. The highest BCUT2D eigenvalue weighted by Crippen LogP contribution is 2.18. The van der Waals surface area contributed by atoms with Crippen LogP contribution in [0.25, 0.3) is 0 Å². The zero-order valence-electron chi connectivity index (χ0n) is 15.1. The second-order valence-electron chi connectivity index (χ2n) is 6.09. The van der Waals surface area contributed by atoms with Crippen LogP contribution in [0.4, 0.5) is 0 Å². The van der Waals surface area contributed by atoms with E-state index in [2.05, 4.69) is 25.7 Å². The second kappa shape index (κ2) is 11.4. The Bertz CT molecular complexity index is 425. The van der Waals surface area contributed by atoms with Gasteiger partial charge in [-0.05, 0) is 32.4 Å². The largest absolute Gasteiger partial charge is 0.496 e. The smallest absolute Gasteiger partial charge is 0.124 e. The van der Waals surface area contributed by atoms with Crippen molar-refractivity contribution in [2.24, 2.45) is 0 Å². The van der Waals surface area contributed by atoms with Crippen molar-refractivity contribution in [2.45, 2.75) is 58.8 Å². The lowest BCUT2D eigenvalue weighted by Gasteiger charge is -2.30. The SMILES string of the molecule is CCCCN(C[C@@H](O)COCc1ccccc1OC)[C@H](C)CC. The molecule has 0 bridgehead atoms. The molecule has 0 saturated carbocycles. The molecule has 0 aliphatic heterocycles. The van der Waals surface area contributed by atoms with E-state index in [1.165, 1.54) is 12.8 Å². The summed E-state index contributed by atoms with van der Waals surface area (Å²) in [7, 11) is 1.66. The number of hydrogen-bond donors (Lipinski definition) is 1. The maximum absolute atomic E-state index is 10.3. The highest BCUT2D eigenvalue weighted by Gasteiger charge is 2.16. The van der Waals surface area contributed by atoms with Crippen molar-refractivity contribution in [2.75, 3.05) is 26.8 Å². The van der Waals surface area contributed by atoms with Crippen molar-refractivity contribution in [3.05, 3.63) is 29.8 Å². The van der Waals surface area contributed by atoms with Gasteiger partial charge in [-0.15, -0.1) is 0 Å². The normalized spacial score (nSPS) is 14.0. The molecule has 4 nitrogen and oxygen atoms in total. The van der Waals surface area contributed by atoms with Gasteiger partial charge in [0.2, 0.25) is 0 Å². The molecule has 0 amide bonds. The molecule has 4 heteroatoms. The van der Waals surface area contributed by atoms with Crippen LogP contribution in [0.3, 0.4) is 0 Å². The van der Waals surface area contributed by atoms with Crippen molar-refractivity contribution in [3.8, 4) is 5.75 Å². The van der Waals surface area contributed by atoms with Gasteiger partial charge in [0.1, 0.15) is 5.75 Å². The maximum Gasteiger partial charge on any atom is 0.124 e. The van der Waals surface area contributed by atoms with E-state index in [0.717, 1.165) is 24.3 Å². The minimum Gasteiger partial charge on any atom is -0.496 e. The van der Waals surface area contributed by atoms with E-state index in [4.69, 9.17) is 9.47 Å². The fraction of sp³-hybridized carbons (Fsp3) is 0.684. The Morgan fingerprint density at radius 2 is 1.96 bits per heavy atom. The molecule has 1 N–H and O–H groups in total. The van der Waals surface area contributed by atoms with Crippen LogP contribution in [0.5, 0.6) is 5.75 Å². The predicted octanol–water partition coefficient (Wildman–Crippen LogP) is 3.47. The second-order valence-corrected chi connectivity index (χ2v) is 6.09. The number of hydrogen-bond acceptors (Lipinski definition) is 4. The summed E-state index contributed by atoms with van der Waals surface area (Å²) < 4.78 is 11.0. The molecule has 23 heavy (non-hydrogen) atoms. The van der Waals surface area contributed by atoms with E-state index in [0.29, 0.717) is 25.8 Å². The Kier molecular flexibility index (Phi) is 9.92. The van der Waals surface area contributed by atoms with Gasteiger partial charge in [-0.1, -0.05) is 38.5 Å². The fourth-order valence-electron chi connectivity index (χ4n) is 2.56. The average Bonchev–Trinajstić information content (AvgIpc) is 2.58. The van der Waals surface area contributed by atoms with Crippen LogP contribution < -0.4 is 4.74 Å². The van der Waals surface area contributed by atoms with Crippen LogP contribution in [-0.2, 0) is 11.3 Å². The van der Waals surface area contributed by atoms with Gasteiger partial charge in [-0.2, -0.15) is 0 Å². The molecule has 2 atom stereocenters. The van der Waals surface area contributed by atoms with E-state index >= 15 is 0 Å². The number of methoxy groups -OCH3 is 1. The predicted molar refractivity (Wildman–Crippen MR) is 94.9 cm³/mol. The standard InChI is InChI=1S/C19H33NO3/c1-5-7-12-20(16(3)6-2)13-18(21)15-23-14-17-10-8-9-11-19(17)22-4/h8-11,16,18,21H,5-7,12-15H2,1-4H3/t16-,18-/m1/s1. The third kappa shape index (κ3) is 7.34. The molecule has 0 heterocycles. The third-order valence-electron chi connectivity index (χ3n) is 4.22. The molecule has 132 valence electrons. The molecule has 0 radical (unpaired) electrons. The van der Waals surface area contributed by atoms with E-state index in [9.17, 15) is 5.11 Å². The number of nitrogens with zero attached hydrogens (tertiary/aromatic N) is 1. The van der Waals surface area contributed by atoms with Gasteiger partial charge in [-0.25, -0.2) is 0 Å². The summed E-state index contributed by atoms with van der Waals surface area (Å²) >= 11 is 0. The summed E-state index contributed by atoms with van der Waals surface area (Å²) in [4.78, 5) is 2.36. The van der Waals surface area contributed by atoms with Crippen molar-refractivity contribution in [1.29, 1.82) is 0 Å². The van der Waals surface area contributed by atoms with Crippen LogP contribution in [0.2, 0.25) is 0 Å². The number of unbranched alkanes of at least 4 members (excludes halogenated alkanes) is 1. The first-order valence-corrected chi connectivity index (χ1v) is 8.74. The van der Waals surface area contributed by atoms with Crippen molar-refractivity contribution in [1.82, 2.24) is 4.90 Å². The van der Waals surface area contributed by atoms with Crippen molar-refractivity contribution in [3.63, 3.8) is 0 Å². The number of aliphatic hydroxyl groups excluding tert-OH is 1. The first kappa shape index (κ1) is 19.9. The molecular formula is C19H33NO3. The van der Waals surface area contributed by atoms with Crippen LogP contribution in [0.1, 0.15) is 45.6 Å². The topological polar surface area (TPSA) is 41.9 Å². The fourth-order valence-corrected chi connectivity index (χ4v) is 2.56. The summed E-state index contributed by atoms with van der Waals surface area (Å²) in [6.45, 7) is 9.11. The maximum atomic E-state index is 10.3. The Balaban J connectivity index is 2.40. The molecule has 0 aromatic heterocycles. The quantitative estimate of drug-likeness (QED) is 0.639. The monoisotopic (exact) mass is 323 g/mol. The van der Waals surface area contributed by atoms with Gasteiger partial charge < -0.3 is 14.6 Å². The number of ether oxygens (including phenoxy) is 2.